The lowest BCUT2D eigenvalue weighted by molar-refractivity contribution is -0.384. The molecule has 142 valence electrons. The second-order valence-corrected chi connectivity index (χ2v) is 6.21. The van der Waals surface area contributed by atoms with Crippen LogP contribution in [0.5, 0.6) is 0 Å². The number of amides is 1. The van der Waals surface area contributed by atoms with Gasteiger partial charge in [-0.05, 0) is 24.3 Å². The van der Waals surface area contributed by atoms with Gasteiger partial charge in [-0.1, -0.05) is 42.5 Å². The maximum absolute atomic E-state index is 13.0. The third-order valence-corrected chi connectivity index (χ3v) is 4.33. The van der Waals surface area contributed by atoms with Crippen molar-refractivity contribution in [3.63, 3.8) is 0 Å². The predicted molar refractivity (Wildman–Crippen MR) is 107 cm³/mol. The number of nitrogens with one attached hydrogen (secondary N) is 1. The summed E-state index contributed by atoms with van der Waals surface area (Å²) >= 11 is 0. The monoisotopic (exact) mass is 386 g/mol. The van der Waals surface area contributed by atoms with Gasteiger partial charge in [0, 0.05) is 28.8 Å². The second kappa shape index (κ2) is 7.35. The molecule has 0 fully saturated rings. The molecule has 0 atom stereocenters. The number of hydrogen-bond donors (Lipinski definition) is 1. The minimum absolute atomic E-state index is 0.0863. The third-order valence-electron chi connectivity index (χ3n) is 4.33. The Bertz CT molecular complexity index is 1250. The molecule has 1 aromatic heterocycles. The highest BCUT2D eigenvalue weighted by Gasteiger charge is 2.22. The number of rotatable bonds is 4. The van der Waals surface area contributed by atoms with Gasteiger partial charge in [0.1, 0.15) is 0 Å². The predicted octanol–water partition coefficient (Wildman–Crippen LogP) is 3.89. The lowest BCUT2D eigenvalue weighted by atomic mass is 10.1. The number of anilines is 1. The molecule has 0 aliphatic heterocycles. The Morgan fingerprint density at radius 1 is 0.931 bits per heavy atom. The van der Waals surface area contributed by atoms with Crippen LogP contribution in [0, 0.1) is 10.1 Å². The maximum Gasteiger partial charge on any atom is 0.278 e. The van der Waals surface area contributed by atoms with Gasteiger partial charge in [-0.15, -0.1) is 0 Å². The van der Waals surface area contributed by atoms with Crippen LogP contribution in [0.15, 0.2) is 78.9 Å². The molecule has 4 rings (SSSR count). The fourth-order valence-corrected chi connectivity index (χ4v) is 2.98. The minimum Gasteiger partial charge on any atom is -0.321 e. The number of hydrogen-bond acceptors (Lipinski definition) is 5. The summed E-state index contributed by atoms with van der Waals surface area (Å²) in [4.78, 5) is 36.2. The van der Waals surface area contributed by atoms with Crippen LogP contribution in [0.1, 0.15) is 20.8 Å². The first-order valence-electron chi connectivity index (χ1n) is 8.68. The Morgan fingerprint density at radius 3 is 2.41 bits per heavy atom. The van der Waals surface area contributed by atoms with E-state index in [4.69, 9.17) is 0 Å². The molecule has 1 heterocycles. The summed E-state index contributed by atoms with van der Waals surface area (Å²) in [5.41, 5.74) is 1.02. The van der Waals surface area contributed by atoms with E-state index in [1.165, 1.54) is 24.3 Å². The maximum atomic E-state index is 13.0. The van der Waals surface area contributed by atoms with Crippen molar-refractivity contribution in [2.24, 2.45) is 0 Å². The Morgan fingerprint density at radius 2 is 1.66 bits per heavy atom. The highest BCUT2D eigenvalue weighted by Crippen LogP contribution is 2.22. The van der Waals surface area contributed by atoms with Crippen molar-refractivity contribution in [1.29, 1.82) is 0 Å². The van der Waals surface area contributed by atoms with Crippen LogP contribution in [0.3, 0.4) is 0 Å². The largest absolute Gasteiger partial charge is 0.321 e. The summed E-state index contributed by atoms with van der Waals surface area (Å²) in [6, 6.07) is 21.1. The summed E-state index contributed by atoms with van der Waals surface area (Å²) < 4.78 is 1.09. The molecule has 0 aliphatic rings. The number of fused-ring (bicyclic) bond motifs is 1. The normalized spacial score (nSPS) is 10.6. The van der Waals surface area contributed by atoms with Crippen molar-refractivity contribution in [2.75, 3.05) is 5.32 Å². The molecular weight excluding hydrogens is 372 g/mol. The first kappa shape index (κ1) is 18.1. The Kier molecular flexibility index (Phi) is 4.58. The van der Waals surface area contributed by atoms with Gasteiger partial charge < -0.3 is 5.32 Å². The zero-order chi connectivity index (χ0) is 20.4. The molecule has 8 heteroatoms. The highest BCUT2D eigenvalue weighted by molar-refractivity contribution is 6.13. The lowest BCUT2D eigenvalue weighted by Crippen LogP contribution is -2.17. The summed E-state index contributed by atoms with van der Waals surface area (Å²) in [6.07, 6.45) is 0. The van der Waals surface area contributed by atoms with Crippen LogP contribution in [0.4, 0.5) is 11.4 Å². The minimum atomic E-state index is -0.573. The van der Waals surface area contributed by atoms with Crippen LogP contribution < -0.4 is 5.32 Å². The molecule has 1 amide bonds. The van der Waals surface area contributed by atoms with Crippen LogP contribution in [-0.2, 0) is 0 Å². The summed E-state index contributed by atoms with van der Waals surface area (Å²) in [7, 11) is 0. The number of carbonyl (C=O) groups excluding carboxylic acids is 2. The topological polar surface area (TPSA) is 107 Å². The summed E-state index contributed by atoms with van der Waals surface area (Å²) in [5, 5.41) is 18.5. The van der Waals surface area contributed by atoms with Gasteiger partial charge in [0.25, 0.3) is 17.5 Å². The van der Waals surface area contributed by atoms with Gasteiger partial charge in [0.2, 0.25) is 0 Å². The quantitative estimate of drug-likeness (QED) is 0.423. The fraction of sp³-hybridized carbons (Fsp3) is 0. The number of aromatic nitrogens is 2. The molecule has 0 spiro atoms. The van der Waals surface area contributed by atoms with Crippen molar-refractivity contribution in [1.82, 2.24) is 9.78 Å². The van der Waals surface area contributed by atoms with Crippen molar-refractivity contribution in [3.05, 3.63) is 100 Å². The molecule has 4 aromatic rings. The van der Waals surface area contributed by atoms with Gasteiger partial charge in [-0.25, -0.2) is 0 Å². The van der Waals surface area contributed by atoms with E-state index < -0.39 is 16.7 Å². The first-order chi connectivity index (χ1) is 14.0. The number of para-hydroxylation sites is 2. The standard InChI is InChI=1S/C21H14N4O4/c26-20(22-15-8-2-1-3-9-15)19-17-11-4-5-12-18(17)24(23-19)21(27)14-7-6-10-16(13-14)25(28)29/h1-13H,(H,22,26). The SMILES string of the molecule is O=C(Nc1ccccc1)c1nn(C(=O)c2cccc([N+](=O)[O-])c2)c2ccccc12. The number of carbonyl (C=O) groups is 2. The molecule has 0 bridgehead atoms. The van der Waals surface area contributed by atoms with Crippen LogP contribution >= 0.6 is 0 Å². The van der Waals surface area contributed by atoms with E-state index in [0.717, 1.165) is 4.68 Å². The van der Waals surface area contributed by atoms with E-state index in [9.17, 15) is 19.7 Å². The summed E-state index contributed by atoms with van der Waals surface area (Å²) in [5.74, 6) is -1.03. The van der Waals surface area contributed by atoms with Crippen LogP contribution in [0.2, 0.25) is 0 Å². The number of nitrogens with zero attached hydrogens (tertiary/aromatic N) is 3. The molecule has 0 aliphatic carbocycles. The lowest BCUT2D eigenvalue weighted by Gasteiger charge is -2.03. The average molecular weight is 386 g/mol. The molecule has 0 saturated heterocycles. The van der Waals surface area contributed by atoms with Gasteiger partial charge in [-0.2, -0.15) is 9.78 Å². The van der Waals surface area contributed by atoms with Crippen LogP contribution in [-0.4, -0.2) is 26.5 Å². The number of benzene rings is 3. The molecule has 29 heavy (non-hydrogen) atoms. The smallest absolute Gasteiger partial charge is 0.278 e. The van der Waals surface area contributed by atoms with E-state index in [1.807, 2.05) is 6.07 Å². The number of nitro benzene ring substituents is 1. The molecule has 1 N–H and O–H groups in total. The van der Waals surface area contributed by atoms with Crippen LogP contribution in [0.25, 0.3) is 10.9 Å². The van der Waals surface area contributed by atoms with E-state index >= 15 is 0 Å². The zero-order valence-electron chi connectivity index (χ0n) is 15.0. The van der Waals surface area contributed by atoms with Crippen molar-refractivity contribution < 1.29 is 14.5 Å². The highest BCUT2D eigenvalue weighted by atomic mass is 16.6. The Labute approximate surface area is 164 Å². The van der Waals surface area contributed by atoms with Crippen molar-refractivity contribution >= 4 is 34.1 Å². The second-order valence-electron chi connectivity index (χ2n) is 6.21. The van der Waals surface area contributed by atoms with E-state index in [2.05, 4.69) is 10.4 Å². The molecule has 3 aromatic carbocycles. The van der Waals surface area contributed by atoms with Gasteiger partial charge >= 0.3 is 0 Å². The van der Waals surface area contributed by atoms with Crippen molar-refractivity contribution in [3.8, 4) is 0 Å². The zero-order valence-corrected chi connectivity index (χ0v) is 15.0. The Hall–Kier alpha value is -4.33. The van der Waals surface area contributed by atoms with Gasteiger partial charge in [0.15, 0.2) is 5.69 Å². The summed E-state index contributed by atoms with van der Waals surface area (Å²) in [6.45, 7) is 0. The number of nitro groups is 1. The molecular formula is C21H14N4O4. The third kappa shape index (κ3) is 3.46. The molecule has 0 saturated carbocycles. The van der Waals surface area contributed by atoms with Crippen molar-refractivity contribution in [2.45, 2.75) is 0 Å². The van der Waals surface area contributed by atoms with E-state index in [1.54, 1.807) is 48.5 Å². The molecule has 8 nitrogen and oxygen atoms in total. The number of non-ortho nitro benzene ring substituents is 1. The Balaban J connectivity index is 1.76. The van der Waals surface area contributed by atoms with Gasteiger partial charge in [-0.3, -0.25) is 19.7 Å². The molecule has 0 unspecified atom stereocenters. The fourth-order valence-electron chi connectivity index (χ4n) is 2.98. The first-order valence-corrected chi connectivity index (χ1v) is 8.68. The average Bonchev–Trinajstić information content (AvgIpc) is 3.14. The van der Waals surface area contributed by atoms with Gasteiger partial charge in [0.05, 0.1) is 10.4 Å². The molecule has 0 radical (unpaired) electrons. The van der Waals surface area contributed by atoms with E-state index in [-0.39, 0.29) is 16.9 Å². The van der Waals surface area contributed by atoms with E-state index in [0.29, 0.717) is 16.6 Å².